The topological polar surface area (TPSA) is 46.3 Å². The Kier molecular flexibility index (Phi) is 3.63. The normalized spacial score (nSPS) is 17.2. The van der Waals surface area contributed by atoms with E-state index in [4.69, 9.17) is 18.0 Å². The van der Waals surface area contributed by atoms with E-state index in [2.05, 4.69) is 0 Å². The minimum atomic E-state index is -0.454. The second kappa shape index (κ2) is 4.85. The van der Waals surface area contributed by atoms with Crippen molar-refractivity contribution < 1.29 is 4.79 Å². The summed E-state index contributed by atoms with van der Waals surface area (Å²) >= 11 is 5.10. The molecule has 1 aliphatic rings. The van der Waals surface area contributed by atoms with E-state index in [0.717, 1.165) is 17.7 Å². The molecular weight excluding hydrogens is 268 g/mol. The van der Waals surface area contributed by atoms with Gasteiger partial charge in [0, 0.05) is 17.6 Å². The van der Waals surface area contributed by atoms with Crippen LogP contribution in [-0.2, 0) is 10.2 Å². The van der Waals surface area contributed by atoms with Crippen LogP contribution < -0.4 is 10.6 Å². The van der Waals surface area contributed by atoms with Gasteiger partial charge in [0.1, 0.15) is 0 Å². The summed E-state index contributed by atoms with van der Waals surface area (Å²) < 4.78 is 0. The number of thiocarbonyl (C=S) groups is 1. The fraction of sp³-hybridized carbons (Fsp3) is 0.500. The Hall–Kier alpha value is -1.42. The summed E-state index contributed by atoms with van der Waals surface area (Å²) in [4.78, 5) is 15.0. The number of nitrogens with two attached hydrogens (primary N) is 1. The molecule has 1 aromatic rings. The zero-order valence-electron chi connectivity index (χ0n) is 12.6. The summed E-state index contributed by atoms with van der Waals surface area (Å²) in [6.07, 6.45) is 0.762. The molecule has 0 bridgehead atoms. The highest BCUT2D eigenvalue weighted by molar-refractivity contribution is 7.80. The molecule has 0 atom stereocenters. The predicted octanol–water partition coefficient (Wildman–Crippen LogP) is 3.01. The van der Waals surface area contributed by atoms with Crippen LogP contribution in [-0.4, -0.2) is 17.4 Å². The largest absolute Gasteiger partial charge is 0.393 e. The van der Waals surface area contributed by atoms with Crippen LogP contribution in [0.25, 0.3) is 0 Å². The van der Waals surface area contributed by atoms with Crippen molar-refractivity contribution in [1.29, 1.82) is 0 Å². The van der Waals surface area contributed by atoms with E-state index in [-0.39, 0.29) is 11.3 Å². The van der Waals surface area contributed by atoms with Gasteiger partial charge in [-0.2, -0.15) is 0 Å². The second-order valence-electron chi connectivity index (χ2n) is 6.60. The predicted molar refractivity (Wildman–Crippen MR) is 87.0 cm³/mol. The van der Waals surface area contributed by atoms with Crippen molar-refractivity contribution in [2.75, 3.05) is 11.4 Å². The van der Waals surface area contributed by atoms with Gasteiger partial charge in [-0.3, -0.25) is 4.79 Å². The Balaban J connectivity index is 2.26. The first-order chi connectivity index (χ1) is 9.18. The average Bonchev–Trinajstić information content (AvgIpc) is 2.56. The van der Waals surface area contributed by atoms with E-state index in [9.17, 15) is 4.79 Å². The average molecular weight is 290 g/mol. The van der Waals surface area contributed by atoms with E-state index in [1.165, 1.54) is 0 Å². The van der Waals surface area contributed by atoms with Gasteiger partial charge < -0.3 is 10.6 Å². The Labute approximate surface area is 126 Å². The third kappa shape index (κ3) is 2.33. The number of rotatable bonds is 4. The molecule has 0 aliphatic carbocycles. The van der Waals surface area contributed by atoms with Crippen molar-refractivity contribution >= 4 is 28.8 Å². The Morgan fingerprint density at radius 3 is 2.55 bits per heavy atom. The highest BCUT2D eigenvalue weighted by Gasteiger charge is 2.43. The van der Waals surface area contributed by atoms with Crippen molar-refractivity contribution in [1.82, 2.24) is 0 Å². The smallest absolute Gasteiger partial charge is 0.237 e. The molecule has 108 valence electrons. The monoisotopic (exact) mass is 290 g/mol. The molecule has 1 amide bonds. The Morgan fingerprint density at radius 2 is 1.95 bits per heavy atom. The molecule has 0 saturated carbocycles. The van der Waals surface area contributed by atoms with Crippen molar-refractivity contribution in [3.8, 4) is 0 Å². The molecule has 2 N–H and O–H groups in total. The van der Waals surface area contributed by atoms with Gasteiger partial charge in [-0.15, -0.1) is 0 Å². The van der Waals surface area contributed by atoms with Crippen LogP contribution in [0.3, 0.4) is 0 Å². The van der Waals surface area contributed by atoms with E-state index in [1.54, 1.807) is 0 Å². The summed E-state index contributed by atoms with van der Waals surface area (Å²) in [5.41, 5.74) is 7.18. The highest BCUT2D eigenvalue weighted by Crippen LogP contribution is 2.41. The van der Waals surface area contributed by atoms with E-state index in [1.807, 2.05) is 56.9 Å². The van der Waals surface area contributed by atoms with Gasteiger partial charge >= 0.3 is 0 Å². The van der Waals surface area contributed by atoms with Gasteiger partial charge in [-0.1, -0.05) is 44.3 Å². The van der Waals surface area contributed by atoms with Crippen molar-refractivity contribution in [2.45, 2.75) is 39.5 Å². The number of anilines is 1. The molecule has 4 heteroatoms. The first-order valence-electron chi connectivity index (χ1n) is 6.89. The number of nitrogens with zero attached hydrogens (tertiary/aromatic N) is 1. The van der Waals surface area contributed by atoms with Crippen LogP contribution in [0.1, 0.15) is 39.7 Å². The van der Waals surface area contributed by atoms with Crippen molar-refractivity contribution in [3.63, 3.8) is 0 Å². The number of carbonyl (C=O) groups excluding carboxylic acids is 1. The van der Waals surface area contributed by atoms with Crippen LogP contribution >= 0.6 is 12.2 Å². The zero-order valence-corrected chi connectivity index (χ0v) is 13.4. The lowest BCUT2D eigenvalue weighted by Crippen LogP contribution is -2.40. The summed E-state index contributed by atoms with van der Waals surface area (Å²) in [5.74, 6) is 0.150. The number of benzene rings is 1. The quantitative estimate of drug-likeness (QED) is 0.867. The number of para-hydroxylation sites is 1. The molecular formula is C16H22N2OS. The van der Waals surface area contributed by atoms with Crippen LogP contribution in [0, 0.1) is 5.41 Å². The minimum Gasteiger partial charge on any atom is -0.393 e. The standard InChI is InChI=1S/C16H22N2OS/c1-15(2,13(17)20)9-10-18-12-8-6-5-7-11(12)16(3,4)14(18)19/h5-8H,9-10H2,1-4H3,(H2,17,20). The molecule has 20 heavy (non-hydrogen) atoms. The van der Waals surface area contributed by atoms with E-state index >= 15 is 0 Å². The van der Waals surface area contributed by atoms with E-state index < -0.39 is 5.41 Å². The summed E-state index contributed by atoms with van der Waals surface area (Å²) in [7, 11) is 0. The molecule has 0 fully saturated rings. The molecule has 1 aromatic carbocycles. The third-order valence-corrected chi connectivity index (χ3v) is 4.83. The number of carbonyl (C=O) groups is 1. The Morgan fingerprint density at radius 1 is 1.35 bits per heavy atom. The molecule has 0 saturated heterocycles. The highest BCUT2D eigenvalue weighted by atomic mass is 32.1. The molecule has 1 heterocycles. The summed E-state index contributed by atoms with van der Waals surface area (Å²) in [6, 6.07) is 8.00. The van der Waals surface area contributed by atoms with Crippen LogP contribution in [0.5, 0.6) is 0 Å². The van der Waals surface area contributed by atoms with Gasteiger partial charge in [0.25, 0.3) is 0 Å². The minimum absolute atomic E-state index is 0.150. The van der Waals surface area contributed by atoms with Crippen LogP contribution in [0.4, 0.5) is 5.69 Å². The van der Waals surface area contributed by atoms with Crippen LogP contribution in [0.15, 0.2) is 24.3 Å². The van der Waals surface area contributed by atoms with Gasteiger partial charge in [0.15, 0.2) is 0 Å². The number of amides is 1. The molecule has 0 radical (unpaired) electrons. The maximum absolute atomic E-state index is 12.6. The molecule has 2 rings (SSSR count). The second-order valence-corrected chi connectivity index (χ2v) is 7.04. The van der Waals surface area contributed by atoms with Crippen molar-refractivity contribution in [3.05, 3.63) is 29.8 Å². The number of hydrogen-bond acceptors (Lipinski definition) is 2. The molecule has 0 aromatic heterocycles. The van der Waals surface area contributed by atoms with Gasteiger partial charge in [0.2, 0.25) is 5.91 Å². The first-order valence-corrected chi connectivity index (χ1v) is 7.30. The summed E-state index contributed by atoms with van der Waals surface area (Å²) in [5, 5.41) is 0. The molecule has 0 unspecified atom stereocenters. The SMILES string of the molecule is CC(C)(CCN1C(=O)C(C)(C)c2ccccc21)C(N)=S. The van der Waals surface area contributed by atoms with Crippen LogP contribution in [0.2, 0.25) is 0 Å². The number of fused-ring (bicyclic) bond motifs is 1. The lowest BCUT2D eigenvalue weighted by molar-refractivity contribution is -0.122. The maximum atomic E-state index is 12.6. The number of hydrogen-bond donors (Lipinski definition) is 1. The molecule has 1 aliphatic heterocycles. The van der Waals surface area contributed by atoms with Gasteiger partial charge in [0.05, 0.1) is 10.4 Å². The lowest BCUT2D eigenvalue weighted by atomic mass is 9.86. The zero-order chi connectivity index (χ0) is 15.1. The Bertz CT molecular complexity index is 563. The first kappa shape index (κ1) is 15.0. The maximum Gasteiger partial charge on any atom is 0.237 e. The molecule has 3 nitrogen and oxygen atoms in total. The fourth-order valence-electron chi connectivity index (χ4n) is 2.54. The molecule has 0 spiro atoms. The fourth-order valence-corrected chi connectivity index (χ4v) is 2.64. The van der Waals surface area contributed by atoms with Gasteiger partial charge in [-0.05, 0) is 31.9 Å². The van der Waals surface area contributed by atoms with Gasteiger partial charge in [-0.25, -0.2) is 0 Å². The van der Waals surface area contributed by atoms with E-state index in [0.29, 0.717) is 11.5 Å². The summed E-state index contributed by atoms with van der Waals surface area (Å²) in [6.45, 7) is 8.64. The third-order valence-electron chi connectivity index (χ3n) is 4.28. The lowest BCUT2D eigenvalue weighted by Gasteiger charge is -2.27. The van der Waals surface area contributed by atoms with Crippen molar-refractivity contribution in [2.24, 2.45) is 11.1 Å².